The van der Waals surface area contributed by atoms with Crippen molar-refractivity contribution < 1.29 is 4.42 Å². The number of hydrogen-bond acceptors (Lipinski definition) is 6. The van der Waals surface area contributed by atoms with Crippen molar-refractivity contribution in [2.75, 3.05) is 0 Å². The topological polar surface area (TPSA) is 77.6 Å². The summed E-state index contributed by atoms with van der Waals surface area (Å²) >= 11 is 0. The molecule has 0 spiro atoms. The molecule has 0 aliphatic heterocycles. The number of benzene rings is 8. The van der Waals surface area contributed by atoms with E-state index in [1.807, 2.05) is 60.8 Å². The summed E-state index contributed by atoms with van der Waals surface area (Å²) in [6, 6.07) is 64.9. The molecular formula is C53H33N5O. The Kier molecular flexibility index (Phi) is 8.37. The highest BCUT2D eigenvalue weighted by Crippen LogP contribution is 2.40. The Morgan fingerprint density at radius 2 is 0.780 bits per heavy atom. The van der Waals surface area contributed by atoms with Crippen molar-refractivity contribution in [1.82, 2.24) is 24.9 Å². The van der Waals surface area contributed by atoms with Gasteiger partial charge in [-0.05, 0) is 51.1 Å². The molecule has 6 heteroatoms. The lowest BCUT2D eigenvalue weighted by molar-refractivity contribution is 0.670. The first kappa shape index (κ1) is 34.2. The first-order chi connectivity index (χ1) is 29.2. The lowest BCUT2D eigenvalue weighted by Gasteiger charge is -2.10. The molecule has 0 amide bonds. The van der Waals surface area contributed by atoms with E-state index in [1.54, 1.807) is 6.33 Å². The summed E-state index contributed by atoms with van der Waals surface area (Å²) in [7, 11) is 0. The fraction of sp³-hybridized carbons (Fsp3) is 0. The molecule has 0 saturated carbocycles. The third-order valence-electron chi connectivity index (χ3n) is 10.9. The Morgan fingerprint density at radius 1 is 0.373 bits per heavy atom. The van der Waals surface area contributed by atoms with Crippen molar-refractivity contribution in [2.45, 2.75) is 0 Å². The Labute approximate surface area is 340 Å². The summed E-state index contributed by atoms with van der Waals surface area (Å²) in [6.07, 6.45) is 3.47. The van der Waals surface area contributed by atoms with E-state index in [0.717, 1.165) is 88.5 Å². The van der Waals surface area contributed by atoms with Gasteiger partial charge in [-0.25, -0.2) is 24.9 Å². The van der Waals surface area contributed by atoms with Crippen LogP contribution < -0.4 is 0 Å². The van der Waals surface area contributed by atoms with Crippen molar-refractivity contribution in [1.29, 1.82) is 0 Å². The highest BCUT2D eigenvalue weighted by molar-refractivity contribution is 6.21. The minimum absolute atomic E-state index is 0.629. The summed E-state index contributed by atoms with van der Waals surface area (Å²) < 4.78 is 6.44. The lowest BCUT2D eigenvalue weighted by Crippen LogP contribution is -2.00. The molecule has 8 aromatic carbocycles. The van der Waals surface area contributed by atoms with Crippen LogP contribution in [-0.2, 0) is 0 Å². The monoisotopic (exact) mass is 755 g/mol. The van der Waals surface area contributed by atoms with Crippen LogP contribution in [0, 0.1) is 0 Å². The molecule has 3 aromatic heterocycles. The highest BCUT2D eigenvalue weighted by Gasteiger charge is 2.18. The van der Waals surface area contributed by atoms with Crippen LogP contribution in [0.5, 0.6) is 0 Å². The molecule has 0 fully saturated rings. The lowest BCUT2D eigenvalue weighted by atomic mass is 9.96. The van der Waals surface area contributed by atoms with E-state index >= 15 is 0 Å². The van der Waals surface area contributed by atoms with Crippen molar-refractivity contribution in [3.63, 3.8) is 0 Å². The van der Waals surface area contributed by atoms with Crippen molar-refractivity contribution in [3.8, 4) is 78.7 Å². The first-order valence-electron chi connectivity index (χ1n) is 19.5. The maximum absolute atomic E-state index is 6.44. The van der Waals surface area contributed by atoms with E-state index < -0.39 is 0 Å². The summed E-state index contributed by atoms with van der Waals surface area (Å²) in [6.45, 7) is 0. The van der Waals surface area contributed by atoms with Gasteiger partial charge in [-0.1, -0.05) is 176 Å². The third kappa shape index (κ3) is 6.39. The molecule has 11 rings (SSSR count). The molecule has 0 aliphatic carbocycles. The second-order valence-corrected chi connectivity index (χ2v) is 14.5. The second kappa shape index (κ2) is 14.4. The summed E-state index contributed by atoms with van der Waals surface area (Å²) in [5.41, 5.74) is 14.3. The molecule has 276 valence electrons. The zero-order valence-electron chi connectivity index (χ0n) is 31.7. The van der Waals surface area contributed by atoms with E-state index in [9.17, 15) is 0 Å². The Morgan fingerprint density at radius 3 is 1.31 bits per heavy atom. The standard InChI is InChI=1S/C53H33N5O/c1-3-9-34(10-4-1)35-21-27-42(28-22-35)52-56-51(41-11-5-2-6-12-41)57-53(58-52)43-29-23-39(24-30-43)37-17-15-36(16-18-37)38-19-25-40(26-20-38)46-31-44-32-54-33-55-49(44)48-45-13-7-8-14-47(45)59-50(46)48/h1-33H. The predicted octanol–water partition coefficient (Wildman–Crippen LogP) is 13.4. The van der Waals surface area contributed by atoms with Crippen LogP contribution >= 0.6 is 0 Å². The van der Waals surface area contributed by atoms with Crippen LogP contribution in [0.2, 0.25) is 0 Å². The molecule has 0 N–H and O–H groups in total. The maximum atomic E-state index is 6.44. The van der Waals surface area contributed by atoms with E-state index in [-0.39, 0.29) is 0 Å². The van der Waals surface area contributed by atoms with E-state index in [2.05, 4.69) is 143 Å². The molecule has 6 nitrogen and oxygen atoms in total. The molecule has 0 unspecified atom stereocenters. The molecule has 59 heavy (non-hydrogen) atoms. The molecule has 0 bridgehead atoms. The minimum atomic E-state index is 0.629. The number of rotatable bonds is 7. The zero-order chi connectivity index (χ0) is 39.1. The van der Waals surface area contributed by atoms with Crippen LogP contribution in [0.3, 0.4) is 0 Å². The van der Waals surface area contributed by atoms with E-state index in [0.29, 0.717) is 17.5 Å². The molecule has 0 atom stereocenters. The van der Waals surface area contributed by atoms with Crippen molar-refractivity contribution in [2.24, 2.45) is 0 Å². The van der Waals surface area contributed by atoms with Crippen LogP contribution in [0.15, 0.2) is 205 Å². The molecule has 0 aliphatic rings. The molecule has 3 heterocycles. The number of aromatic nitrogens is 5. The van der Waals surface area contributed by atoms with Crippen LogP contribution in [-0.4, -0.2) is 24.9 Å². The normalized spacial score (nSPS) is 11.4. The molecule has 0 saturated heterocycles. The average Bonchev–Trinajstić information content (AvgIpc) is 3.72. The number of hydrogen-bond donors (Lipinski definition) is 0. The second-order valence-electron chi connectivity index (χ2n) is 14.5. The van der Waals surface area contributed by atoms with Gasteiger partial charge < -0.3 is 4.42 Å². The quantitative estimate of drug-likeness (QED) is 0.161. The largest absolute Gasteiger partial charge is 0.455 e. The first-order valence-corrected chi connectivity index (χ1v) is 19.5. The predicted molar refractivity (Wildman–Crippen MR) is 238 cm³/mol. The van der Waals surface area contributed by atoms with Gasteiger partial charge >= 0.3 is 0 Å². The molecular weight excluding hydrogens is 723 g/mol. The summed E-state index contributed by atoms with van der Waals surface area (Å²) in [5, 5.41) is 3.05. The zero-order valence-corrected chi connectivity index (χ0v) is 31.7. The number of furan rings is 1. The number of fused-ring (bicyclic) bond motifs is 5. The summed E-state index contributed by atoms with van der Waals surface area (Å²) in [5.74, 6) is 1.90. The minimum Gasteiger partial charge on any atom is -0.455 e. The molecule has 0 radical (unpaired) electrons. The van der Waals surface area contributed by atoms with Gasteiger partial charge in [0.25, 0.3) is 0 Å². The average molecular weight is 756 g/mol. The number of para-hydroxylation sites is 1. The molecule has 11 aromatic rings. The Bertz CT molecular complexity index is 3270. The van der Waals surface area contributed by atoms with Crippen LogP contribution in [0.1, 0.15) is 0 Å². The van der Waals surface area contributed by atoms with Gasteiger partial charge in [-0.15, -0.1) is 0 Å². The maximum Gasteiger partial charge on any atom is 0.164 e. The van der Waals surface area contributed by atoms with Gasteiger partial charge in [0.1, 0.15) is 17.5 Å². The Hall–Kier alpha value is -8.09. The summed E-state index contributed by atoms with van der Waals surface area (Å²) in [4.78, 5) is 23.8. The highest BCUT2D eigenvalue weighted by atomic mass is 16.3. The Balaban J connectivity index is 0.869. The third-order valence-corrected chi connectivity index (χ3v) is 10.9. The van der Waals surface area contributed by atoms with Gasteiger partial charge in [-0.3, -0.25) is 0 Å². The van der Waals surface area contributed by atoms with Gasteiger partial charge in [0.15, 0.2) is 17.5 Å². The van der Waals surface area contributed by atoms with Gasteiger partial charge in [0, 0.05) is 39.2 Å². The van der Waals surface area contributed by atoms with Crippen molar-refractivity contribution in [3.05, 3.63) is 201 Å². The van der Waals surface area contributed by atoms with Crippen LogP contribution in [0.4, 0.5) is 0 Å². The van der Waals surface area contributed by atoms with E-state index in [4.69, 9.17) is 19.4 Å². The van der Waals surface area contributed by atoms with Crippen LogP contribution in [0.25, 0.3) is 112 Å². The van der Waals surface area contributed by atoms with Gasteiger partial charge in [0.2, 0.25) is 0 Å². The van der Waals surface area contributed by atoms with Crippen molar-refractivity contribution >= 4 is 32.8 Å². The fourth-order valence-electron chi connectivity index (χ4n) is 7.86. The van der Waals surface area contributed by atoms with E-state index in [1.165, 1.54) is 5.56 Å². The van der Waals surface area contributed by atoms with Gasteiger partial charge in [-0.2, -0.15) is 0 Å². The smallest absolute Gasteiger partial charge is 0.164 e. The SMILES string of the molecule is c1ccc(-c2ccc(-c3nc(-c4ccccc4)nc(-c4ccc(-c5ccc(-c6ccc(-c7cc8cncnc8c8c7oc7ccccc78)cc6)cc5)cc4)n3)cc2)cc1. The number of nitrogens with zero attached hydrogens (tertiary/aromatic N) is 5. The van der Waals surface area contributed by atoms with Gasteiger partial charge in [0.05, 0.1) is 10.9 Å². The fourth-order valence-corrected chi connectivity index (χ4v) is 7.86.